The lowest BCUT2D eigenvalue weighted by Gasteiger charge is -2.23. The van der Waals surface area contributed by atoms with E-state index < -0.39 is 52.0 Å². The summed E-state index contributed by atoms with van der Waals surface area (Å²) in [5.41, 5.74) is 0. The summed E-state index contributed by atoms with van der Waals surface area (Å²) in [4.78, 5) is 31.5. The molecule has 0 spiro atoms. The van der Waals surface area contributed by atoms with Gasteiger partial charge >= 0.3 is 17.9 Å². The van der Waals surface area contributed by atoms with Gasteiger partial charge in [0.2, 0.25) is 4.75 Å². The average Bonchev–Trinajstić information content (AvgIpc) is 2.08. The number of carbonyl (C=O) groups is 3. The SMILES string of the molecule is O=C(O)CCC(CC(=O)O)(C(=O)O)S(=O)(=O)O. The molecule has 4 N–H and O–H groups in total. The van der Waals surface area contributed by atoms with E-state index in [0.29, 0.717) is 0 Å². The summed E-state index contributed by atoms with van der Waals surface area (Å²) < 4.78 is 27.7. The highest BCUT2D eigenvalue weighted by molar-refractivity contribution is 7.88. The third-order valence-corrected chi connectivity index (χ3v) is 3.57. The van der Waals surface area contributed by atoms with Gasteiger partial charge in [-0.25, -0.2) is 0 Å². The summed E-state index contributed by atoms with van der Waals surface area (Å²) in [6.07, 6.45) is -3.36. The summed E-state index contributed by atoms with van der Waals surface area (Å²) in [5.74, 6) is -5.40. The normalized spacial score (nSPS) is 14.9. The Morgan fingerprint density at radius 1 is 1.00 bits per heavy atom. The molecule has 9 nitrogen and oxygen atoms in total. The summed E-state index contributed by atoms with van der Waals surface area (Å²) in [6.45, 7) is 0. The molecule has 0 aromatic carbocycles. The fourth-order valence-electron chi connectivity index (χ4n) is 1.15. The van der Waals surface area contributed by atoms with Gasteiger partial charge in [-0.1, -0.05) is 0 Å². The van der Waals surface area contributed by atoms with Gasteiger partial charge in [-0.05, 0) is 6.42 Å². The Bertz CT molecular complexity index is 436. The van der Waals surface area contributed by atoms with Crippen LogP contribution in [0.5, 0.6) is 0 Å². The second kappa shape index (κ2) is 5.10. The molecule has 0 saturated carbocycles. The standard InChI is InChI=1S/C7H10O9S/c8-4(9)1-2-7(6(12)13,3-5(10)11)17(14,15)16/h1-3H2,(H,8,9)(H,10,11)(H,12,13)(H,14,15,16). The van der Waals surface area contributed by atoms with E-state index in [1.54, 1.807) is 0 Å². The van der Waals surface area contributed by atoms with Gasteiger partial charge in [0.15, 0.2) is 0 Å². The molecule has 0 amide bonds. The van der Waals surface area contributed by atoms with E-state index in [2.05, 4.69) is 0 Å². The molecule has 17 heavy (non-hydrogen) atoms. The number of hydrogen-bond donors (Lipinski definition) is 4. The molecule has 0 bridgehead atoms. The van der Waals surface area contributed by atoms with E-state index in [0.717, 1.165) is 0 Å². The molecule has 0 saturated heterocycles. The summed E-state index contributed by atoms with van der Waals surface area (Å²) in [7, 11) is -5.26. The maximum Gasteiger partial charge on any atom is 0.328 e. The first-order chi connectivity index (χ1) is 7.53. The molecule has 0 aromatic heterocycles. The molecular weight excluding hydrogens is 260 g/mol. The summed E-state index contributed by atoms with van der Waals surface area (Å²) in [5, 5.41) is 25.5. The largest absolute Gasteiger partial charge is 0.481 e. The van der Waals surface area contributed by atoms with Gasteiger partial charge in [-0.3, -0.25) is 18.9 Å². The Balaban J connectivity index is 5.49. The molecule has 98 valence electrons. The van der Waals surface area contributed by atoms with Gasteiger partial charge in [-0.15, -0.1) is 0 Å². The smallest absolute Gasteiger partial charge is 0.328 e. The van der Waals surface area contributed by atoms with Crippen molar-refractivity contribution >= 4 is 28.0 Å². The highest BCUT2D eigenvalue weighted by Crippen LogP contribution is 2.27. The van der Waals surface area contributed by atoms with Crippen LogP contribution in [-0.2, 0) is 24.5 Å². The van der Waals surface area contributed by atoms with Gasteiger partial charge in [0.25, 0.3) is 10.1 Å². The molecule has 0 aromatic rings. The third kappa shape index (κ3) is 3.67. The van der Waals surface area contributed by atoms with Crippen LogP contribution in [0.25, 0.3) is 0 Å². The minimum Gasteiger partial charge on any atom is -0.481 e. The Kier molecular flexibility index (Phi) is 4.60. The molecular formula is C7H10O9S. The maximum atomic E-state index is 11.0. The highest BCUT2D eigenvalue weighted by atomic mass is 32.2. The van der Waals surface area contributed by atoms with Crippen LogP contribution >= 0.6 is 0 Å². The van der Waals surface area contributed by atoms with E-state index >= 15 is 0 Å². The highest BCUT2D eigenvalue weighted by Gasteiger charge is 2.52. The van der Waals surface area contributed by atoms with E-state index in [1.165, 1.54) is 0 Å². The molecule has 0 aliphatic carbocycles. The van der Waals surface area contributed by atoms with Crippen molar-refractivity contribution in [3.05, 3.63) is 0 Å². The fraction of sp³-hybridized carbons (Fsp3) is 0.571. The van der Waals surface area contributed by atoms with Crippen LogP contribution in [0.3, 0.4) is 0 Å². The zero-order valence-electron chi connectivity index (χ0n) is 8.36. The first kappa shape index (κ1) is 15.3. The first-order valence-electron chi connectivity index (χ1n) is 4.17. The zero-order valence-corrected chi connectivity index (χ0v) is 9.18. The second-order valence-corrected chi connectivity index (χ2v) is 4.97. The predicted molar refractivity (Wildman–Crippen MR) is 51.0 cm³/mol. The number of aliphatic carboxylic acids is 3. The fourth-order valence-corrected chi connectivity index (χ4v) is 2.04. The van der Waals surface area contributed by atoms with Crippen molar-refractivity contribution in [1.82, 2.24) is 0 Å². The van der Waals surface area contributed by atoms with Crippen molar-refractivity contribution in [3.8, 4) is 0 Å². The zero-order chi connectivity index (χ0) is 13.9. The molecule has 0 rings (SSSR count). The minimum atomic E-state index is -5.26. The van der Waals surface area contributed by atoms with Crippen LogP contribution in [-0.4, -0.2) is 50.9 Å². The van der Waals surface area contributed by atoms with Gasteiger partial charge < -0.3 is 15.3 Å². The molecule has 1 atom stereocenters. The summed E-state index contributed by atoms with van der Waals surface area (Å²) in [6, 6.07) is 0. The van der Waals surface area contributed by atoms with Crippen molar-refractivity contribution in [2.75, 3.05) is 0 Å². The average molecular weight is 270 g/mol. The monoisotopic (exact) mass is 270 g/mol. The van der Waals surface area contributed by atoms with Crippen LogP contribution in [0.1, 0.15) is 19.3 Å². The minimum absolute atomic E-state index is 0.903. The first-order valence-corrected chi connectivity index (χ1v) is 5.61. The quantitative estimate of drug-likeness (QED) is 0.426. The molecule has 0 fully saturated rings. The number of carboxylic acid groups (broad SMARTS) is 3. The molecule has 10 heteroatoms. The summed E-state index contributed by atoms with van der Waals surface area (Å²) >= 11 is 0. The molecule has 0 aliphatic heterocycles. The number of rotatable bonds is 7. The van der Waals surface area contributed by atoms with E-state index in [-0.39, 0.29) is 0 Å². The van der Waals surface area contributed by atoms with Gasteiger partial charge in [0.1, 0.15) is 0 Å². The molecule has 0 radical (unpaired) electrons. The van der Waals surface area contributed by atoms with Crippen LogP contribution in [0.2, 0.25) is 0 Å². The molecule has 1 unspecified atom stereocenters. The Morgan fingerprint density at radius 2 is 1.47 bits per heavy atom. The Morgan fingerprint density at radius 3 is 1.71 bits per heavy atom. The van der Waals surface area contributed by atoms with Crippen molar-refractivity contribution in [2.45, 2.75) is 24.0 Å². The number of hydrogen-bond acceptors (Lipinski definition) is 5. The van der Waals surface area contributed by atoms with Crippen molar-refractivity contribution in [3.63, 3.8) is 0 Å². The Hall–Kier alpha value is -1.68. The lowest BCUT2D eigenvalue weighted by Crippen LogP contribution is -2.48. The van der Waals surface area contributed by atoms with Gasteiger partial charge in [0, 0.05) is 6.42 Å². The van der Waals surface area contributed by atoms with Crippen LogP contribution in [0.4, 0.5) is 0 Å². The third-order valence-electron chi connectivity index (χ3n) is 2.06. The predicted octanol–water partition coefficient (Wildman–Crippen LogP) is -0.963. The van der Waals surface area contributed by atoms with E-state index in [9.17, 15) is 22.8 Å². The van der Waals surface area contributed by atoms with Gasteiger partial charge in [-0.2, -0.15) is 8.42 Å². The van der Waals surface area contributed by atoms with Crippen molar-refractivity contribution in [2.24, 2.45) is 0 Å². The number of carboxylic acids is 3. The van der Waals surface area contributed by atoms with Crippen molar-refractivity contribution in [1.29, 1.82) is 0 Å². The van der Waals surface area contributed by atoms with E-state index in [1.807, 2.05) is 0 Å². The second-order valence-electron chi connectivity index (χ2n) is 3.24. The lowest BCUT2D eigenvalue weighted by atomic mass is 9.98. The lowest BCUT2D eigenvalue weighted by molar-refractivity contribution is -0.147. The van der Waals surface area contributed by atoms with Crippen molar-refractivity contribution < 1.29 is 42.7 Å². The maximum absolute atomic E-state index is 11.0. The van der Waals surface area contributed by atoms with Crippen LogP contribution < -0.4 is 0 Å². The van der Waals surface area contributed by atoms with Gasteiger partial charge in [0.05, 0.1) is 6.42 Å². The molecule has 0 aliphatic rings. The Labute approximate surface area is 95.4 Å². The van der Waals surface area contributed by atoms with E-state index in [4.69, 9.17) is 19.9 Å². The van der Waals surface area contributed by atoms with Crippen LogP contribution in [0.15, 0.2) is 0 Å². The molecule has 0 heterocycles. The topological polar surface area (TPSA) is 166 Å². The van der Waals surface area contributed by atoms with Crippen LogP contribution in [0, 0.1) is 0 Å².